The third-order valence-corrected chi connectivity index (χ3v) is 6.20. The van der Waals surface area contributed by atoms with Gasteiger partial charge in [0.25, 0.3) is 0 Å². The monoisotopic (exact) mass is 395 g/mol. The van der Waals surface area contributed by atoms with Crippen LogP contribution in [0.2, 0.25) is 0 Å². The maximum absolute atomic E-state index is 4.95. The van der Waals surface area contributed by atoms with E-state index in [2.05, 4.69) is 75.2 Å². The summed E-state index contributed by atoms with van der Waals surface area (Å²) in [5.74, 6) is 1.73. The standard InChI is InChI=1S/C25H25N5/c1-14-10-20-22(12-16(14)3)29(5)24(27-20)18-8-7-9-19(26-18)25-28-21-11-15(2)17(4)13-23(21)30(25)6/h7-13H,1-6H3. The Kier molecular flexibility index (Phi) is 4.03. The second-order valence-corrected chi connectivity index (χ2v) is 8.25. The highest BCUT2D eigenvalue weighted by Crippen LogP contribution is 2.28. The molecule has 5 rings (SSSR count). The van der Waals surface area contributed by atoms with Crippen LogP contribution in [0.1, 0.15) is 22.3 Å². The van der Waals surface area contributed by atoms with Crippen molar-refractivity contribution in [1.29, 1.82) is 0 Å². The van der Waals surface area contributed by atoms with E-state index in [1.807, 2.05) is 18.2 Å². The summed E-state index contributed by atoms with van der Waals surface area (Å²) in [6, 6.07) is 14.7. The van der Waals surface area contributed by atoms with E-state index in [-0.39, 0.29) is 0 Å². The molecular weight excluding hydrogens is 370 g/mol. The highest BCUT2D eigenvalue weighted by molar-refractivity contribution is 5.83. The molecule has 5 aromatic rings. The van der Waals surface area contributed by atoms with E-state index in [9.17, 15) is 0 Å². The molecule has 2 aromatic carbocycles. The van der Waals surface area contributed by atoms with Gasteiger partial charge in [0.1, 0.15) is 11.4 Å². The Morgan fingerprint density at radius 1 is 0.567 bits per heavy atom. The van der Waals surface area contributed by atoms with Crippen molar-refractivity contribution >= 4 is 22.1 Å². The molecule has 0 amide bonds. The molecule has 0 spiro atoms. The summed E-state index contributed by atoms with van der Waals surface area (Å²) in [6.07, 6.45) is 0. The number of nitrogens with zero attached hydrogens (tertiary/aromatic N) is 5. The van der Waals surface area contributed by atoms with Gasteiger partial charge in [0.05, 0.1) is 22.1 Å². The number of pyridine rings is 1. The quantitative estimate of drug-likeness (QED) is 0.401. The number of hydrogen-bond donors (Lipinski definition) is 0. The molecule has 0 saturated heterocycles. The molecule has 3 aromatic heterocycles. The van der Waals surface area contributed by atoms with Crippen molar-refractivity contribution in [2.24, 2.45) is 14.1 Å². The van der Waals surface area contributed by atoms with Crippen LogP contribution in [0.5, 0.6) is 0 Å². The normalized spacial score (nSPS) is 11.7. The number of benzene rings is 2. The lowest BCUT2D eigenvalue weighted by atomic mass is 10.1. The van der Waals surface area contributed by atoms with Gasteiger partial charge in [-0.2, -0.15) is 0 Å². The Hall–Kier alpha value is -3.47. The van der Waals surface area contributed by atoms with Gasteiger partial charge in [-0.3, -0.25) is 0 Å². The molecule has 5 nitrogen and oxygen atoms in total. The van der Waals surface area contributed by atoms with Crippen LogP contribution < -0.4 is 0 Å². The van der Waals surface area contributed by atoms with Crippen molar-refractivity contribution in [2.45, 2.75) is 27.7 Å². The molecule has 0 N–H and O–H groups in total. The van der Waals surface area contributed by atoms with Crippen molar-refractivity contribution in [3.8, 4) is 23.0 Å². The summed E-state index contributed by atoms with van der Waals surface area (Å²) in [4.78, 5) is 14.7. The third kappa shape index (κ3) is 2.73. The predicted molar refractivity (Wildman–Crippen MR) is 123 cm³/mol. The third-order valence-electron chi connectivity index (χ3n) is 6.20. The number of aromatic nitrogens is 5. The molecule has 0 unspecified atom stereocenters. The lowest BCUT2D eigenvalue weighted by Crippen LogP contribution is -1.99. The van der Waals surface area contributed by atoms with Gasteiger partial charge < -0.3 is 9.13 Å². The molecule has 0 bridgehead atoms. The van der Waals surface area contributed by atoms with Gasteiger partial charge in [0.15, 0.2) is 11.6 Å². The topological polar surface area (TPSA) is 48.5 Å². The van der Waals surface area contributed by atoms with Crippen molar-refractivity contribution in [3.05, 3.63) is 64.7 Å². The van der Waals surface area contributed by atoms with E-state index in [0.29, 0.717) is 0 Å². The van der Waals surface area contributed by atoms with Crippen LogP contribution in [0.4, 0.5) is 0 Å². The van der Waals surface area contributed by atoms with Gasteiger partial charge in [-0.15, -0.1) is 0 Å². The van der Waals surface area contributed by atoms with Crippen LogP contribution in [0, 0.1) is 27.7 Å². The highest BCUT2D eigenvalue weighted by atomic mass is 15.1. The molecule has 0 aliphatic rings. The fourth-order valence-corrected chi connectivity index (χ4v) is 4.04. The first-order valence-electron chi connectivity index (χ1n) is 10.2. The molecule has 30 heavy (non-hydrogen) atoms. The second-order valence-electron chi connectivity index (χ2n) is 8.25. The average molecular weight is 396 g/mol. The van der Waals surface area contributed by atoms with Crippen molar-refractivity contribution in [2.75, 3.05) is 0 Å². The zero-order valence-electron chi connectivity index (χ0n) is 18.3. The highest BCUT2D eigenvalue weighted by Gasteiger charge is 2.16. The van der Waals surface area contributed by atoms with Crippen LogP contribution in [0.15, 0.2) is 42.5 Å². The van der Waals surface area contributed by atoms with E-state index in [1.165, 1.54) is 22.3 Å². The van der Waals surface area contributed by atoms with Gasteiger partial charge in [0.2, 0.25) is 0 Å². The van der Waals surface area contributed by atoms with Crippen molar-refractivity contribution in [3.63, 3.8) is 0 Å². The fraction of sp³-hybridized carbons (Fsp3) is 0.240. The summed E-state index contributed by atoms with van der Waals surface area (Å²) in [5, 5.41) is 0. The Labute approximate surface area is 176 Å². The number of imidazole rings is 2. The summed E-state index contributed by atoms with van der Waals surface area (Å²) >= 11 is 0. The number of fused-ring (bicyclic) bond motifs is 2. The second kappa shape index (κ2) is 6.52. The van der Waals surface area contributed by atoms with Gasteiger partial charge in [-0.25, -0.2) is 15.0 Å². The van der Waals surface area contributed by atoms with Crippen LogP contribution in [0.25, 0.3) is 45.1 Å². The zero-order chi connectivity index (χ0) is 21.2. The van der Waals surface area contributed by atoms with Crippen LogP contribution >= 0.6 is 0 Å². The first kappa shape index (κ1) is 18.6. The minimum absolute atomic E-state index is 0.848. The molecule has 150 valence electrons. The first-order valence-corrected chi connectivity index (χ1v) is 10.2. The first-order chi connectivity index (χ1) is 14.3. The Bertz CT molecular complexity index is 1340. The molecule has 5 heteroatoms. The number of aryl methyl sites for hydroxylation is 6. The fourth-order valence-electron chi connectivity index (χ4n) is 4.04. The van der Waals surface area contributed by atoms with Crippen molar-refractivity contribution in [1.82, 2.24) is 24.1 Å². The molecule has 3 heterocycles. The molecule has 0 aliphatic carbocycles. The number of rotatable bonds is 2. The van der Waals surface area contributed by atoms with Crippen LogP contribution in [0.3, 0.4) is 0 Å². The van der Waals surface area contributed by atoms with E-state index < -0.39 is 0 Å². The molecular formula is C25H25N5. The molecule has 0 aliphatic heterocycles. The van der Waals surface area contributed by atoms with Crippen molar-refractivity contribution < 1.29 is 0 Å². The molecule has 0 saturated carbocycles. The molecule has 0 radical (unpaired) electrons. The molecule has 0 fully saturated rings. The summed E-state index contributed by atoms with van der Waals surface area (Å²) < 4.78 is 4.24. The summed E-state index contributed by atoms with van der Waals surface area (Å²) in [7, 11) is 4.10. The largest absolute Gasteiger partial charge is 0.326 e. The summed E-state index contributed by atoms with van der Waals surface area (Å²) in [6.45, 7) is 8.51. The lowest BCUT2D eigenvalue weighted by molar-refractivity contribution is 0.937. The summed E-state index contributed by atoms with van der Waals surface area (Å²) in [5.41, 5.74) is 11.0. The Balaban J connectivity index is 1.67. The maximum Gasteiger partial charge on any atom is 0.159 e. The number of hydrogen-bond acceptors (Lipinski definition) is 3. The van der Waals surface area contributed by atoms with Gasteiger partial charge >= 0.3 is 0 Å². The minimum atomic E-state index is 0.848. The van der Waals surface area contributed by atoms with E-state index >= 15 is 0 Å². The minimum Gasteiger partial charge on any atom is -0.326 e. The molecule has 0 atom stereocenters. The maximum atomic E-state index is 4.95. The van der Waals surface area contributed by atoms with E-state index in [0.717, 1.165) is 45.1 Å². The zero-order valence-corrected chi connectivity index (χ0v) is 18.3. The van der Waals surface area contributed by atoms with Gasteiger partial charge in [-0.05, 0) is 86.3 Å². The smallest absolute Gasteiger partial charge is 0.159 e. The van der Waals surface area contributed by atoms with E-state index in [1.54, 1.807) is 0 Å². The Morgan fingerprint density at radius 3 is 1.40 bits per heavy atom. The van der Waals surface area contributed by atoms with E-state index in [4.69, 9.17) is 15.0 Å². The average Bonchev–Trinajstić information content (AvgIpc) is 3.20. The Morgan fingerprint density at radius 2 is 0.967 bits per heavy atom. The van der Waals surface area contributed by atoms with Gasteiger partial charge in [-0.1, -0.05) is 6.07 Å². The van der Waals surface area contributed by atoms with Gasteiger partial charge in [0, 0.05) is 14.1 Å². The predicted octanol–water partition coefficient (Wildman–Crippen LogP) is 5.42. The lowest BCUT2D eigenvalue weighted by Gasteiger charge is -2.06. The van der Waals surface area contributed by atoms with Crippen LogP contribution in [-0.2, 0) is 14.1 Å². The SMILES string of the molecule is Cc1cc2nc(-c3cccc(-c4nc5cc(C)c(C)cc5n4C)n3)n(C)c2cc1C. The van der Waals surface area contributed by atoms with Crippen LogP contribution in [-0.4, -0.2) is 24.1 Å².